The molecular formula is C14H11Cl3O. The van der Waals surface area contributed by atoms with Crippen molar-refractivity contribution in [2.75, 3.05) is 0 Å². The topological polar surface area (TPSA) is 9.23 Å². The van der Waals surface area contributed by atoms with Crippen LogP contribution in [0.3, 0.4) is 0 Å². The molecule has 0 radical (unpaired) electrons. The first kappa shape index (κ1) is 13.5. The van der Waals surface area contributed by atoms with Crippen LogP contribution >= 0.6 is 34.8 Å². The van der Waals surface area contributed by atoms with E-state index in [0.717, 1.165) is 16.9 Å². The predicted molar refractivity (Wildman–Crippen MR) is 77.0 cm³/mol. The van der Waals surface area contributed by atoms with Crippen molar-refractivity contribution in [3.8, 4) is 5.75 Å². The van der Waals surface area contributed by atoms with Gasteiger partial charge in [0.2, 0.25) is 0 Å². The molecule has 0 fully saturated rings. The van der Waals surface area contributed by atoms with Gasteiger partial charge in [-0.05, 0) is 42.3 Å². The fraction of sp³-hybridized carbons (Fsp3) is 0.143. The highest BCUT2D eigenvalue weighted by molar-refractivity contribution is 6.42. The Labute approximate surface area is 121 Å². The summed E-state index contributed by atoms with van der Waals surface area (Å²) in [5, 5.41) is 1.76. The minimum Gasteiger partial charge on any atom is -0.489 e. The average Bonchev–Trinajstić information content (AvgIpc) is 2.35. The first-order valence-corrected chi connectivity index (χ1v) is 6.52. The summed E-state index contributed by atoms with van der Waals surface area (Å²) >= 11 is 17.8. The lowest BCUT2D eigenvalue weighted by Gasteiger charge is -2.08. The van der Waals surface area contributed by atoms with Gasteiger partial charge >= 0.3 is 0 Å². The zero-order valence-electron chi connectivity index (χ0n) is 9.71. The summed E-state index contributed by atoms with van der Waals surface area (Å²) in [5.74, 6) is 0.733. The Bertz CT molecular complexity index is 515. The lowest BCUT2D eigenvalue weighted by atomic mass is 10.2. The number of rotatable bonds is 3. The molecule has 4 heteroatoms. The molecule has 0 N–H and O–H groups in total. The molecule has 0 saturated carbocycles. The summed E-state index contributed by atoms with van der Waals surface area (Å²) in [6.07, 6.45) is 0. The molecule has 0 aliphatic heterocycles. The molecular weight excluding hydrogens is 291 g/mol. The van der Waals surface area contributed by atoms with Crippen LogP contribution in [0.1, 0.15) is 11.1 Å². The highest BCUT2D eigenvalue weighted by atomic mass is 35.5. The van der Waals surface area contributed by atoms with Crippen molar-refractivity contribution in [3.63, 3.8) is 0 Å². The van der Waals surface area contributed by atoms with Crippen LogP contribution in [0.15, 0.2) is 36.4 Å². The van der Waals surface area contributed by atoms with Gasteiger partial charge in [0.1, 0.15) is 12.4 Å². The van der Waals surface area contributed by atoms with Gasteiger partial charge in [0, 0.05) is 5.02 Å². The van der Waals surface area contributed by atoms with Gasteiger partial charge in [0.05, 0.1) is 10.0 Å². The smallest absolute Gasteiger partial charge is 0.121 e. The van der Waals surface area contributed by atoms with E-state index >= 15 is 0 Å². The zero-order chi connectivity index (χ0) is 13.1. The van der Waals surface area contributed by atoms with E-state index in [-0.39, 0.29) is 0 Å². The Morgan fingerprint density at radius 1 is 0.889 bits per heavy atom. The Hall–Kier alpha value is -0.890. The van der Waals surface area contributed by atoms with E-state index < -0.39 is 0 Å². The Morgan fingerprint density at radius 2 is 1.67 bits per heavy atom. The number of hydrogen-bond donors (Lipinski definition) is 0. The number of hydrogen-bond acceptors (Lipinski definition) is 1. The maximum absolute atomic E-state index is 6.02. The van der Waals surface area contributed by atoms with Crippen molar-refractivity contribution < 1.29 is 4.74 Å². The van der Waals surface area contributed by atoms with Crippen LogP contribution in [0.5, 0.6) is 5.75 Å². The SMILES string of the molecule is Cc1ccc(OCc2ccc(Cl)c(Cl)c2)cc1Cl. The van der Waals surface area contributed by atoms with E-state index in [4.69, 9.17) is 39.5 Å². The summed E-state index contributed by atoms with van der Waals surface area (Å²) < 4.78 is 5.64. The number of benzene rings is 2. The van der Waals surface area contributed by atoms with Gasteiger partial charge in [-0.2, -0.15) is 0 Å². The number of aryl methyl sites for hydroxylation is 1. The monoisotopic (exact) mass is 300 g/mol. The van der Waals surface area contributed by atoms with Crippen LogP contribution in [0.4, 0.5) is 0 Å². The quantitative estimate of drug-likeness (QED) is 0.724. The fourth-order valence-corrected chi connectivity index (χ4v) is 1.95. The normalized spacial score (nSPS) is 10.4. The summed E-state index contributed by atoms with van der Waals surface area (Å²) in [6.45, 7) is 2.38. The predicted octanol–water partition coefficient (Wildman–Crippen LogP) is 5.53. The van der Waals surface area contributed by atoms with Crippen molar-refractivity contribution in [3.05, 3.63) is 62.6 Å². The molecule has 94 valence electrons. The van der Waals surface area contributed by atoms with Crippen LogP contribution in [0, 0.1) is 6.92 Å². The lowest BCUT2D eigenvalue weighted by molar-refractivity contribution is 0.306. The molecule has 0 atom stereocenters. The molecule has 2 aromatic carbocycles. The Balaban J connectivity index is 2.06. The fourth-order valence-electron chi connectivity index (χ4n) is 1.46. The van der Waals surface area contributed by atoms with E-state index in [0.29, 0.717) is 21.7 Å². The number of ether oxygens (including phenoxy) is 1. The Kier molecular flexibility index (Phi) is 4.39. The van der Waals surface area contributed by atoms with E-state index in [2.05, 4.69) is 0 Å². The van der Waals surface area contributed by atoms with Gasteiger partial charge < -0.3 is 4.74 Å². The molecule has 1 nitrogen and oxygen atoms in total. The Morgan fingerprint density at radius 3 is 2.33 bits per heavy atom. The van der Waals surface area contributed by atoms with Crippen molar-refractivity contribution in [1.29, 1.82) is 0 Å². The molecule has 0 aromatic heterocycles. The van der Waals surface area contributed by atoms with Crippen LogP contribution in [-0.4, -0.2) is 0 Å². The van der Waals surface area contributed by atoms with Gasteiger partial charge in [-0.15, -0.1) is 0 Å². The van der Waals surface area contributed by atoms with Gasteiger partial charge in [-0.25, -0.2) is 0 Å². The second-order valence-electron chi connectivity index (χ2n) is 3.95. The number of halogens is 3. The van der Waals surface area contributed by atoms with Crippen LogP contribution in [0.2, 0.25) is 15.1 Å². The maximum Gasteiger partial charge on any atom is 0.121 e. The summed E-state index contributed by atoms with van der Waals surface area (Å²) in [6, 6.07) is 11.0. The highest BCUT2D eigenvalue weighted by Gasteiger charge is 2.02. The third-order valence-electron chi connectivity index (χ3n) is 2.53. The summed E-state index contributed by atoms with van der Waals surface area (Å²) in [4.78, 5) is 0. The molecule has 0 saturated heterocycles. The molecule has 0 aliphatic rings. The summed E-state index contributed by atoms with van der Waals surface area (Å²) in [7, 11) is 0. The van der Waals surface area contributed by atoms with Crippen LogP contribution in [0.25, 0.3) is 0 Å². The molecule has 0 spiro atoms. The lowest BCUT2D eigenvalue weighted by Crippen LogP contribution is -1.95. The maximum atomic E-state index is 6.02. The minimum atomic E-state index is 0.427. The van der Waals surface area contributed by atoms with E-state index in [1.807, 2.05) is 25.1 Å². The molecule has 0 amide bonds. The van der Waals surface area contributed by atoms with Gasteiger partial charge in [-0.3, -0.25) is 0 Å². The van der Waals surface area contributed by atoms with Crippen molar-refractivity contribution >= 4 is 34.8 Å². The van der Waals surface area contributed by atoms with Crippen molar-refractivity contribution in [1.82, 2.24) is 0 Å². The largest absolute Gasteiger partial charge is 0.489 e. The minimum absolute atomic E-state index is 0.427. The molecule has 0 bridgehead atoms. The molecule has 2 aromatic rings. The van der Waals surface area contributed by atoms with Gasteiger partial charge in [-0.1, -0.05) is 46.9 Å². The third kappa shape index (κ3) is 3.32. The van der Waals surface area contributed by atoms with Gasteiger partial charge in [0.25, 0.3) is 0 Å². The third-order valence-corrected chi connectivity index (χ3v) is 3.68. The highest BCUT2D eigenvalue weighted by Crippen LogP contribution is 2.25. The molecule has 0 heterocycles. The molecule has 2 rings (SSSR count). The van der Waals surface area contributed by atoms with Crippen LogP contribution in [-0.2, 0) is 6.61 Å². The van der Waals surface area contributed by atoms with E-state index in [1.165, 1.54) is 0 Å². The second kappa shape index (κ2) is 5.83. The van der Waals surface area contributed by atoms with Crippen molar-refractivity contribution in [2.45, 2.75) is 13.5 Å². The molecule has 0 unspecified atom stereocenters. The van der Waals surface area contributed by atoms with E-state index in [9.17, 15) is 0 Å². The zero-order valence-corrected chi connectivity index (χ0v) is 12.0. The van der Waals surface area contributed by atoms with Crippen molar-refractivity contribution in [2.24, 2.45) is 0 Å². The standard InChI is InChI=1S/C14H11Cl3O/c1-9-2-4-11(7-13(9)16)18-8-10-3-5-12(15)14(17)6-10/h2-7H,8H2,1H3. The molecule has 0 aliphatic carbocycles. The molecule has 18 heavy (non-hydrogen) atoms. The second-order valence-corrected chi connectivity index (χ2v) is 5.17. The first-order chi connectivity index (χ1) is 8.56. The average molecular weight is 302 g/mol. The van der Waals surface area contributed by atoms with Crippen LogP contribution < -0.4 is 4.74 Å². The van der Waals surface area contributed by atoms with E-state index in [1.54, 1.807) is 18.2 Å². The van der Waals surface area contributed by atoms with Gasteiger partial charge in [0.15, 0.2) is 0 Å². The first-order valence-electron chi connectivity index (χ1n) is 5.39. The summed E-state index contributed by atoms with van der Waals surface area (Å²) in [5.41, 5.74) is 1.99.